The van der Waals surface area contributed by atoms with Crippen LogP contribution in [-0.4, -0.2) is 30.6 Å². The van der Waals surface area contributed by atoms with Crippen LogP contribution in [0.25, 0.3) is 0 Å². The lowest BCUT2D eigenvalue weighted by atomic mass is 9.80. The Labute approximate surface area is 171 Å². The van der Waals surface area contributed by atoms with Crippen molar-refractivity contribution in [3.05, 3.63) is 0 Å². The second-order valence-electron chi connectivity index (χ2n) is 9.36. The quantitative estimate of drug-likeness (QED) is 0.398. The van der Waals surface area contributed by atoms with Gasteiger partial charge in [0, 0.05) is 6.42 Å². The third-order valence-corrected chi connectivity index (χ3v) is 7.26. The van der Waals surface area contributed by atoms with Crippen LogP contribution in [0.5, 0.6) is 0 Å². The van der Waals surface area contributed by atoms with Gasteiger partial charge in [-0.15, -0.1) is 0 Å². The van der Waals surface area contributed by atoms with Crippen LogP contribution in [0, 0.1) is 17.8 Å². The largest absolute Gasteiger partial charge is 0.465 e. The molecule has 0 aromatic heterocycles. The van der Waals surface area contributed by atoms with E-state index < -0.39 is 5.92 Å². The van der Waals surface area contributed by atoms with Crippen LogP contribution in [0.15, 0.2) is 0 Å². The van der Waals surface area contributed by atoms with Crippen LogP contribution in [0.2, 0.25) is 0 Å². The summed E-state index contributed by atoms with van der Waals surface area (Å²) < 4.78 is 11.6. The molecule has 0 spiro atoms. The predicted molar refractivity (Wildman–Crippen MR) is 110 cm³/mol. The Morgan fingerprint density at radius 2 is 1.46 bits per heavy atom. The summed E-state index contributed by atoms with van der Waals surface area (Å²) in [4.78, 5) is 25.3. The van der Waals surface area contributed by atoms with E-state index in [1.54, 1.807) is 6.92 Å². The number of ether oxygens (including phenoxy) is 2. The van der Waals surface area contributed by atoms with Gasteiger partial charge in [-0.05, 0) is 44.4 Å². The number of ketones is 1. The van der Waals surface area contributed by atoms with Gasteiger partial charge in [-0.25, -0.2) is 0 Å². The van der Waals surface area contributed by atoms with Crippen molar-refractivity contribution in [1.29, 1.82) is 0 Å². The fourth-order valence-electron chi connectivity index (χ4n) is 5.63. The van der Waals surface area contributed by atoms with Crippen LogP contribution in [0.4, 0.5) is 0 Å². The Morgan fingerprint density at radius 1 is 0.893 bits per heavy atom. The van der Waals surface area contributed by atoms with Crippen LogP contribution in [0.1, 0.15) is 103 Å². The zero-order valence-electron chi connectivity index (χ0n) is 17.8. The van der Waals surface area contributed by atoms with Gasteiger partial charge in [0.2, 0.25) is 0 Å². The molecule has 0 bridgehead atoms. The smallest absolute Gasteiger partial charge is 0.319 e. The molecular formula is C24H40O4. The first-order valence-corrected chi connectivity index (χ1v) is 12.0. The summed E-state index contributed by atoms with van der Waals surface area (Å²) in [7, 11) is 0. The Balaban J connectivity index is 1.56. The molecule has 160 valence electrons. The summed E-state index contributed by atoms with van der Waals surface area (Å²) in [6.07, 6.45) is 17.4. The normalized spacial score (nSPS) is 30.3. The lowest BCUT2D eigenvalue weighted by molar-refractivity contribution is -0.170. The van der Waals surface area contributed by atoms with E-state index in [9.17, 15) is 9.59 Å². The maximum absolute atomic E-state index is 12.9. The third-order valence-electron chi connectivity index (χ3n) is 7.26. The second-order valence-corrected chi connectivity index (χ2v) is 9.36. The van der Waals surface area contributed by atoms with Gasteiger partial charge in [-0.3, -0.25) is 9.59 Å². The standard InChI is InChI=1S/C24H40O4/c1-2-27-24(26)23-21(25)17-20(15-13-18-9-5-3-6-10-18)28-22(23)16-14-19-11-7-4-8-12-19/h18-20,22-23H,2-17H2,1H3/t20-,22+,23?/m1/s1. The van der Waals surface area contributed by atoms with Crippen molar-refractivity contribution in [2.75, 3.05) is 6.61 Å². The van der Waals surface area contributed by atoms with Crippen LogP contribution in [0.3, 0.4) is 0 Å². The first-order valence-electron chi connectivity index (χ1n) is 12.0. The van der Waals surface area contributed by atoms with E-state index in [-0.39, 0.29) is 24.0 Å². The minimum absolute atomic E-state index is 0.00328. The highest BCUT2D eigenvalue weighted by atomic mass is 16.5. The van der Waals surface area contributed by atoms with Gasteiger partial charge in [0.15, 0.2) is 5.78 Å². The van der Waals surface area contributed by atoms with E-state index in [4.69, 9.17) is 9.47 Å². The topological polar surface area (TPSA) is 52.6 Å². The van der Waals surface area contributed by atoms with E-state index in [0.717, 1.165) is 37.5 Å². The number of hydrogen-bond acceptors (Lipinski definition) is 4. The minimum Gasteiger partial charge on any atom is -0.465 e. The average molecular weight is 393 g/mol. The SMILES string of the molecule is CCOC(=O)C1C(=O)C[C@@H](CCC2CCCCC2)O[C@H]1CCC1CCCCC1. The fraction of sp³-hybridized carbons (Fsp3) is 0.917. The lowest BCUT2D eigenvalue weighted by Crippen LogP contribution is -2.46. The molecule has 0 amide bonds. The number of carbonyl (C=O) groups is 2. The summed E-state index contributed by atoms with van der Waals surface area (Å²) in [5.41, 5.74) is 0. The van der Waals surface area contributed by atoms with Crippen molar-refractivity contribution in [2.24, 2.45) is 17.8 Å². The Kier molecular flexibility index (Phi) is 8.82. The molecule has 4 heteroatoms. The van der Waals surface area contributed by atoms with Crippen molar-refractivity contribution >= 4 is 11.8 Å². The summed E-state index contributed by atoms with van der Waals surface area (Å²) in [5.74, 6) is 0.516. The average Bonchev–Trinajstić information content (AvgIpc) is 2.72. The molecule has 1 heterocycles. The maximum Gasteiger partial charge on any atom is 0.319 e. The molecule has 1 saturated heterocycles. The Hall–Kier alpha value is -0.900. The highest BCUT2D eigenvalue weighted by Gasteiger charge is 2.43. The maximum atomic E-state index is 12.9. The second kappa shape index (κ2) is 11.3. The molecule has 3 atom stereocenters. The van der Waals surface area contributed by atoms with Gasteiger partial charge in [0.05, 0.1) is 18.8 Å². The van der Waals surface area contributed by atoms with Crippen molar-refractivity contribution in [1.82, 2.24) is 0 Å². The molecule has 0 aromatic rings. The number of Topliss-reactive ketones (excluding diaryl/α,β-unsaturated/α-hetero) is 1. The Bertz CT molecular complexity index is 491. The minimum atomic E-state index is -0.700. The molecule has 28 heavy (non-hydrogen) atoms. The number of hydrogen-bond donors (Lipinski definition) is 0. The highest BCUT2D eigenvalue weighted by molar-refractivity contribution is 6.00. The molecule has 3 fully saturated rings. The Morgan fingerprint density at radius 3 is 2.04 bits per heavy atom. The lowest BCUT2D eigenvalue weighted by Gasteiger charge is -2.36. The van der Waals surface area contributed by atoms with E-state index in [1.165, 1.54) is 64.2 Å². The van der Waals surface area contributed by atoms with Crippen molar-refractivity contribution in [3.8, 4) is 0 Å². The van der Waals surface area contributed by atoms with Crippen LogP contribution >= 0.6 is 0 Å². The molecule has 1 unspecified atom stereocenters. The molecule has 3 rings (SSSR count). The fourth-order valence-corrected chi connectivity index (χ4v) is 5.63. The van der Waals surface area contributed by atoms with Crippen LogP contribution in [-0.2, 0) is 19.1 Å². The molecule has 3 aliphatic rings. The van der Waals surface area contributed by atoms with Gasteiger partial charge in [0.25, 0.3) is 0 Å². The number of carbonyl (C=O) groups excluding carboxylic acids is 2. The molecular weight excluding hydrogens is 352 g/mol. The zero-order valence-corrected chi connectivity index (χ0v) is 17.8. The van der Waals surface area contributed by atoms with Crippen LogP contribution < -0.4 is 0 Å². The highest BCUT2D eigenvalue weighted by Crippen LogP contribution is 2.35. The molecule has 0 N–H and O–H groups in total. The van der Waals surface area contributed by atoms with E-state index in [0.29, 0.717) is 13.0 Å². The van der Waals surface area contributed by atoms with E-state index >= 15 is 0 Å². The van der Waals surface area contributed by atoms with Gasteiger partial charge < -0.3 is 9.47 Å². The van der Waals surface area contributed by atoms with E-state index in [2.05, 4.69) is 0 Å². The van der Waals surface area contributed by atoms with Crippen molar-refractivity contribution in [3.63, 3.8) is 0 Å². The molecule has 1 aliphatic heterocycles. The summed E-state index contributed by atoms with van der Waals surface area (Å²) >= 11 is 0. The molecule has 2 aliphatic carbocycles. The first-order chi connectivity index (χ1) is 13.7. The molecule has 0 radical (unpaired) electrons. The molecule has 0 aromatic carbocycles. The summed E-state index contributed by atoms with van der Waals surface area (Å²) in [5, 5.41) is 0. The molecule has 4 nitrogen and oxygen atoms in total. The first kappa shape index (κ1) is 21.8. The summed E-state index contributed by atoms with van der Waals surface area (Å²) in [6, 6.07) is 0. The monoisotopic (exact) mass is 392 g/mol. The van der Waals surface area contributed by atoms with Gasteiger partial charge in [-0.1, -0.05) is 64.2 Å². The van der Waals surface area contributed by atoms with Crippen molar-refractivity contribution < 1.29 is 19.1 Å². The van der Waals surface area contributed by atoms with Gasteiger partial charge >= 0.3 is 5.97 Å². The third kappa shape index (κ3) is 6.30. The van der Waals surface area contributed by atoms with E-state index in [1.807, 2.05) is 0 Å². The summed E-state index contributed by atoms with van der Waals surface area (Å²) in [6.45, 7) is 2.12. The number of esters is 1. The predicted octanol–water partition coefficient (Wildman–Crippen LogP) is 5.61. The number of rotatable bonds is 8. The van der Waals surface area contributed by atoms with Crippen molar-refractivity contribution in [2.45, 2.75) is 115 Å². The van der Waals surface area contributed by atoms with Gasteiger partial charge in [-0.2, -0.15) is 0 Å². The zero-order chi connectivity index (χ0) is 19.8. The molecule has 2 saturated carbocycles. The van der Waals surface area contributed by atoms with Gasteiger partial charge in [0.1, 0.15) is 5.92 Å².